The van der Waals surface area contributed by atoms with Crippen molar-refractivity contribution >= 4 is 0 Å². The van der Waals surface area contributed by atoms with Crippen LogP contribution in [-0.2, 0) is 12.8 Å². The number of hydrogen-bond donors (Lipinski definition) is 1. The predicted octanol–water partition coefficient (Wildman–Crippen LogP) is 3.01. The Kier molecular flexibility index (Phi) is 3.83. The number of benzene rings is 1. The molecule has 3 rings (SSSR count). The van der Waals surface area contributed by atoms with Crippen LogP contribution >= 0.6 is 0 Å². The summed E-state index contributed by atoms with van der Waals surface area (Å²) in [7, 11) is 1.93. The summed E-state index contributed by atoms with van der Waals surface area (Å²) < 4.78 is 5.90. The summed E-state index contributed by atoms with van der Waals surface area (Å²) in [6.07, 6.45) is 4.15. The van der Waals surface area contributed by atoms with Crippen molar-refractivity contribution in [1.29, 1.82) is 0 Å². The van der Waals surface area contributed by atoms with Gasteiger partial charge in [-0.15, -0.1) is 10.2 Å². The average Bonchev–Trinajstić information content (AvgIpc) is 2.98. The average molecular weight is 271 g/mol. The third-order valence-electron chi connectivity index (χ3n) is 4.21. The molecule has 1 N–H and O–H groups in total. The van der Waals surface area contributed by atoms with Crippen molar-refractivity contribution in [2.24, 2.45) is 0 Å². The molecular formula is C16H21N3O. The Balaban J connectivity index is 1.78. The molecule has 2 aromatic rings. The lowest BCUT2D eigenvalue weighted by atomic mass is 9.84. The Hall–Kier alpha value is -1.68. The van der Waals surface area contributed by atoms with Crippen LogP contribution in [0.5, 0.6) is 0 Å². The molecule has 1 aliphatic rings. The second-order valence-electron chi connectivity index (χ2n) is 5.44. The van der Waals surface area contributed by atoms with Gasteiger partial charge in [0.2, 0.25) is 11.8 Å². The number of nitrogens with one attached hydrogen (secondary N) is 1. The van der Waals surface area contributed by atoms with Gasteiger partial charge in [0.1, 0.15) is 0 Å². The Morgan fingerprint density at radius 1 is 1.30 bits per heavy atom. The summed E-state index contributed by atoms with van der Waals surface area (Å²) in [5, 5.41) is 11.7. The maximum Gasteiger partial charge on any atom is 0.233 e. The number of hydrogen-bond acceptors (Lipinski definition) is 4. The van der Waals surface area contributed by atoms with Gasteiger partial charge >= 0.3 is 0 Å². The zero-order valence-electron chi connectivity index (χ0n) is 12.1. The number of aryl methyl sites for hydroxylation is 1. The molecular weight excluding hydrogens is 250 g/mol. The van der Waals surface area contributed by atoms with Crippen molar-refractivity contribution in [1.82, 2.24) is 15.5 Å². The van der Waals surface area contributed by atoms with E-state index in [-0.39, 0.29) is 6.04 Å². The van der Waals surface area contributed by atoms with E-state index in [1.54, 1.807) is 0 Å². The molecule has 0 spiro atoms. The van der Waals surface area contributed by atoms with Gasteiger partial charge in [-0.25, -0.2) is 0 Å². The molecule has 1 heterocycles. The quantitative estimate of drug-likeness (QED) is 0.928. The fourth-order valence-corrected chi connectivity index (χ4v) is 2.96. The lowest BCUT2D eigenvalue weighted by Gasteiger charge is -2.21. The summed E-state index contributed by atoms with van der Waals surface area (Å²) >= 11 is 0. The maximum absolute atomic E-state index is 5.90. The van der Waals surface area contributed by atoms with Gasteiger partial charge in [-0.2, -0.15) is 0 Å². The van der Waals surface area contributed by atoms with E-state index in [4.69, 9.17) is 4.42 Å². The van der Waals surface area contributed by atoms with Crippen LogP contribution < -0.4 is 5.32 Å². The van der Waals surface area contributed by atoms with Gasteiger partial charge in [0.25, 0.3) is 0 Å². The van der Waals surface area contributed by atoms with E-state index in [0.717, 1.165) is 31.6 Å². The third-order valence-corrected chi connectivity index (χ3v) is 4.21. The molecule has 0 fully saturated rings. The first-order valence-electron chi connectivity index (χ1n) is 7.39. The van der Waals surface area contributed by atoms with E-state index in [9.17, 15) is 0 Å². The summed E-state index contributed by atoms with van der Waals surface area (Å²) in [4.78, 5) is 0. The molecule has 0 amide bonds. The first kappa shape index (κ1) is 13.3. The monoisotopic (exact) mass is 271 g/mol. The Labute approximate surface area is 119 Å². The summed E-state index contributed by atoms with van der Waals surface area (Å²) in [6, 6.07) is 8.81. The van der Waals surface area contributed by atoms with Crippen molar-refractivity contribution in [3.05, 3.63) is 47.2 Å². The highest BCUT2D eigenvalue weighted by molar-refractivity contribution is 5.31. The van der Waals surface area contributed by atoms with E-state index >= 15 is 0 Å². The molecule has 4 heteroatoms. The van der Waals surface area contributed by atoms with Crippen LogP contribution in [-0.4, -0.2) is 17.2 Å². The van der Waals surface area contributed by atoms with Gasteiger partial charge in [0.05, 0.1) is 6.04 Å². The lowest BCUT2D eigenvalue weighted by Crippen LogP contribution is -2.15. The van der Waals surface area contributed by atoms with Crippen molar-refractivity contribution < 1.29 is 4.42 Å². The van der Waals surface area contributed by atoms with E-state index in [1.807, 2.05) is 7.05 Å². The maximum atomic E-state index is 5.90. The van der Waals surface area contributed by atoms with Crippen LogP contribution in [0.15, 0.2) is 28.7 Å². The zero-order valence-corrected chi connectivity index (χ0v) is 12.1. The van der Waals surface area contributed by atoms with E-state index < -0.39 is 0 Å². The normalized spacial score (nSPS) is 19.6. The Morgan fingerprint density at radius 2 is 2.10 bits per heavy atom. The van der Waals surface area contributed by atoms with E-state index in [2.05, 4.69) is 46.7 Å². The van der Waals surface area contributed by atoms with Crippen LogP contribution in [0.4, 0.5) is 0 Å². The molecule has 0 saturated heterocycles. The van der Waals surface area contributed by atoms with Crippen molar-refractivity contribution in [3.63, 3.8) is 0 Å². The second-order valence-corrected chi connectivity index (χ2v) is 5.44. The molecule has 0 aliphatic heterocycles. The third kappa shape index (κ3) is 2.48. The summed E-state index contributed by atoms with van der Waals surface area (Å²) in [5.74, 6) is 1.87. The van der Waals surface area contributed by atoms with Crippen molar-refractivity contribution in [2.45, 2.75) is 44.6 Å². The molecule has 20 heavy (non-hydrogen) atoms. The number of rotatable bonds is 4. The minimum absolute atomic E-state index is 0.159. The molecule has 2 atom stereocenters. The number of fused-ring (bicyclic) bond motifs is 1. The van der Waals surface area contributed by atoms with Gasteiger partial charge in [-0.3, -0.25) is 0 Å². The Bertz CT molecular complexity index is 575. The minimum Gasteiger partial charge on any atom is -0.423 e. The van der Waals surface area contributed by atoms with Crippen LogP contribution in [0, 0.1) is 0 Å². The van der Waals surface area contributed by atoms with Crippen LogP contribution in [0.1, 0.15) is 54.6 Å². The summed E-state index contributed by atoms with van der Waals surface area (Å²) in [5.41, 5.74) is 2.88. The van der Waals surface area contributed by atoms with E-state index in [1.165, 1.54) is 11.1 Å². The molecule has 1 aromatic carbocycles. The molecule has 0 saturated carbocycles. The van der Waals surface area contributed by atoms with Crippen LogP contribution in [0.2, 0.25) is 0 Å². The molecule has 106 valence electrons. The van der Waals surface area contributed by atoms with Crippen LogP contribution in [0.25, 0.3) is 0 Å². The fraction of sp³-hybridized carbons (Fsp3) is 0.500. The molecule has 2 unspecified atom stereocenters. The second kappa shape index (κ2) is 5.75. The lowest BCUT2D eigenvalue weighted by molar-refractivity contribution is 0.358. The van der Waals surface area contributed by atoms with Crippen molar-refractivity contribution in [2.75, 3.05) is 7.05 Å². The van der Waals surface area contributed by atoms with E-state index in [0.29, 0.717) is 11.8 Å². The largest absolute Gasteiger partial charge is 0.423 e. The first-order valence-corrected chi connectivity index (χ1v) is 7.39. The molecule has 1 aromatic heterocycles. The highest BCUT2D eigenvalue weighted by Crippen LogP contribution is 2.32. The first-order chi connectivity index (χ1) is 9.81. The van der Waals surface area contributed by atoms with Gasteiger partial charge < -0.3 is 9.73 Å². The fourth-order valence-electron chi connectivity index (χ4n) is 2.96. The Morgan fingerprint density at radius 3 is 2.85 bits per heavy atom. The molecule has 4 nitrogen and oxygen atoms in total. The predicted molar refractivity (Wildman–Crippen MR) is 77.6 cm³/mol. The zero-order chi connectivity index (χ0) is 13.9. The van der Waals surface area contributed by atoms with Gasteiger partial charge in [0.15, 0.2) is 0 Å². The van der Waals surface area contributed by atoms with Gasteiger partial charge in [-0.1, -0.05) is 31.2 Å². The molecule has 1 aliphatic carbocycles. The van der Waals surface area contributed by atoms with Gasteiger partial charge in [-0.05, 0) is 43.9 Å². The highest BCUT2D eigenvalue weighted by Gasteiger charge is 2.25. The van der Waals surface area contributed by atoms with Crippen molar-refractivity contribution in [3.8, 4) is 0 Å². The summed E-state index contributed by atoms with van der Waals surface area (Å²) in [6.45, 7) is 2.11. The SMILES string of the molecule is CCC(NC)c1nnc(C2CCc3ccccc3C2)o1. The standard InChI is InChI=1S/C16H21N3O/c1-3-14(17-2)16-19-18-15(20-16)13-9-8-11-6-4-5-7-12(11)10-13/h4-7,13-14,17H,3,8-10H2,1-2H3. The highest BCUT2D eigenvalue weighted by atomic mass is 16.4. The smallest absolute Gasteiger partial charge is 0.233 e. The number of aromatic nitrogens is 2. The topological polar surface area (TPSA) is 51.0 Å². The molecule has 0 bridgehead atoms. The molecule has 0 radical (unpaired) electrons. The van der Waals surface area contributed by atoms with Crippen LogP contribution in [0.3, 0.4) is 0 Å². The van der Waals surface area contributed by atoms with Gasteiger partial charge in [0, 0.05) is 5.92 Å². The number of nitrogens with zero attached hydrogens (tertiary/aromatic N) is 2. The minimum atomic E-state index is 0.159.